The quantitative estimate of drug-likeness (QED) is 0.562. The Kier molecular flexibility index (Phi) is 5.60. The van der Waals surface area contributed by atoms with E-state index in [9.17, 15) is 14.4 Å². The molecule has 0 spiro atoms. The van der Waals surface area contributed by atoms with Crippen molar-refractivity contribution >= 4 is 14.9 Å². The van der Waals surface area contributed by atoms with Crippen molar-refractivity contribution in [2.45, 2.75) is 0 Å². The van der Waals surface area contributed by atoms with Gasteiger partial charge in [-0.15, -0.1) is 0 Å². The minimum absolute atomic E-state index is 0.151. The summed E-state index contributed by atoms with van der Waals surface area (Å²) in [6, 6.07) is 24.4. The maximum absolute atomic E-state index is 13.4. The summed E-state index contributed by atoms with van der Waals surface area (Å²) in [5, 5.41) is 0. The molecular formula is C18H18O6P2. The molecule has 2 N–H and O–H groups in total. The number of benzene rings is 3. The first-order valence-corrected chi connectivity index (χ1v) is 12.0. The Bertz CT molecular complexity index is 826. The third kappa shape index (κ3) is 4.43. The van der Waals surface area contributed by atoms with Crippen molar-refractivity contribution in [1.29, 1.82) is 0 Å². The first-order chi connectivity index (χ1) is 12.5. The van der Waals surface area contributed by atoms with Gasteiger partial charge in [-0.2, -0.15) is 0 Å². The predicted molar refractivity (Wildman–Crippen MR) is 102 cm³/mol. The van der Waals surface area contributed by atoms with Gasteiger partial charge >= 0.3 is 151 Å². The van der Waals surface area contributed by atoms with E-state index < -0.39 is 14.9 Å². The van der Waals surface area contributed by atoms with Gasteiger partial charge in [-0.3, -0.25) is 0 Å². The van der Waals surface area contributed by atoms with Crippen LogP contribution >= 0.6 is 14.9 Å². The zero-order valence-corrected chi connectivity index (χ0v) is 15.5. The molecule has 0 amide bonds. The van der Waals surface area contributed by atoms with E-state index in [0.29, 0.717) is 0 Å². The van der Waals surface area contributed by atoms with Crippen LogP contribution < -0.4 is 13.6 Å². The van der Waals surface area contributed by atoms with Gasteiger partial charge in [-0.05, 0) is 0 Å². The van der Waals surface area contributed by atoms with E-state index in [1.165, 1.54) is 36.4 Å². The van der Waals surface area contributed by atoms with Crippen LogP contribution in [0.3, 0.4) is 0 Å². The summed E-state index contributed by atoms with van der Waals surface area (Å²) < 4.78 is 29.4. The van der Waals surface area contributed by atoms with Gasteiger partial charge in [0, 0.05) is 0 Å². The summed E-state index contributed by atoms with van der Waals surface area (Å²) >= 11 is 0. The van der Waals surface area contributed by atoms with Crippen molar-refractivity contribution in [2.24, 2.45) is 0 Å². The SMILES string of the molecule is O=P(Oc1ccccc1)(Oc1ccccc1)[PH](O)(O)Oc1ccccc1. The fourth-order valence-electron chi connectivity index (χ4n) is 2.08. The zero-order chi connectivity index (χ0) is 18.5. The van der Waals surface area contributed by atoms with Crippen LogP contribution in [0.5, 0.6) is 17.2 Å². The zero-order valence-electron chi connectivity index (χ0n) is 13.6. The molecule has 0 heterocycles. The van der Waals surface area contributed by atoms with Crippen molar-refractivity contribution in [3.8, 4) is 17.2 Å². The van der Waals surface area contributed by atoms with E-state index in [0.717, 1.165) is 0 Å². The summed E-state index contributed by atoms with van der Waals surface area (Å²) in [4.78, 5) is 21.1. The molecule has 6 nitrogen and oxygen atoms in total. The molecule has 136 valence electrons. The second-order valence-corrected chi connectivity index (χ2v) is 11.4. The molecule has 0 unspecified atom stereocenters. The van der Waals surface area contributed by atoms with Gasteiger partial charge in [-0.25, -0.2) is 0 Å². The molecular weight excluding hydrogens is 374 g/mol. The van der Waals surface area contributed by atoms with Gasteiger partial charge in [0.15, 0.2) is 0 Å². The van der Waals surface area contributed by atoms with Crippen LogP contribution in [0, 0.1) is 0 Å². The number of hydrogen-bond donors (Lipinski definition) is 2. The van der Waals surface area contributed by atoms with Crippen LogP contribution in [-0.2, 0) is 4.57 Å². The molecule has 3 rings (SSSR count). The number of para-hydroxylation sites is 3. The topological polar surface area (TPSA) is 85.2 Å². The molecule has 8 heteroatoms. The van der Waals surface area contributed by atoms with Crippen molar-refractivity contribution in [2.75, 3.05) is 0 Å². The van der Waals surface area contributed by atoms with Crippen LogP contribution in [0.4, 0.5) is 0 Å². The van der Waals surface area contributed by atoms with E-state index in [1.54, 1.807) is 54.6 Å². The van der Waals surface area contributed by atoms with Gasteiger partial charge in [0.05, 0.1) is 0 Å². The van der Waals surface area contributed by atoms with Gasteiger partial charge in [-0.1, -0.05) is 0 Å². The second-order valence-electron chi connectivity index (χ2n) is 5.30. The summed E-state index contributed by atoms with van der Waals surface area (Å²) in [6.45, 7) is 0. The van der Waals surface area contributed by atoms with E-state index >= 15 is 0 Å². The average Bonchev–Trinajstić information content (AvgIpc) is 2.63. The van der Waals surface area contributed by atoms with Crippen molar-refractivity contribution in [3.63, 3.8) is 0 Å². The van der Waals surface area contributed by atoms with Crippen LogP contribution in [0.15, 0.2) is 91.0 Å². The minimum atomic E-state index is -4.95. The number of hydrogen-bond acceptors (Lipinski definition) is 6. The summed E-state index contributed by atoms with van der Waals surface area (Å²) in [5.74, 6) is 0.490. The summed E-state index contributed by atoms with van der Waals surface area (Å²) in [7, 11) is -9.46. The molecule has 3 aromatic carbocycles. The normalized spacial score (nSPS) is 12.2. The molecule has 3 aromatic rings. The Labute approximate surface area is 151 Å². The third-order valence-electron chi connectivity index (χ3n) is 3.29. The van der Waals surface area contributed by atoms with Gasteiger partial charge in [0.1, 0.15) is 0 Å². The van der Waals surface area contributed by atoms with Crippen LogP contribution in [-0.4, -0.2) is 9.79 Å². The van der Waals surface area contributed by atoms with Crippen molar-refractivity contribution < 1.29 is 27.9 Å². The van der Waals surface area contributed by atoms with Crippen LogP contribution in [0.2, 0.25) is 0 Å². The Morgan fingerprint density at radius 3 is 1.35 bits per heavy atom. The van der Waals surface area contributed by atoms with E-state index in [1.807, 2.05) is 0 Å². The molecule has 0 bridgehead atoms. The first kappa shape index (κ1) is 18.4. The van der Waals surface area contributed by atoms with Crippen LogP contribution in [0.1, 0.15) is 0 Å². The molecule has 26 heavy (non-hydrogen) atoms. The standard InChI is InChI=1S/C18H18O6P2/c19-25(20,22-16-10-4-1-5-11-16)26(21,23-17-12-6-2-7-13-17)24-18-14-8-3-9-15-18/h1-15,19-20,25H. The average molecular weight is 392 g/mol. The Morgan fingerprint density at radius 2 is 0.962 bits per heavy atom. The molecule has 0 aromatic heterocycles. The van der Waals surface area contributed by atoms with Gasteiger partial charge < -0.3 is 0 Å². The maximum atomic E-state index is 13.4. The molecule has 0 fully saturated rings. The fourth-order valence-corrected chi connectivity index (χ4v) is 5.72. The molecule has 0 aliphatic heterocycles. The van der Waals surface area contributed by atoms with Gasteiger partial charge in [0.25, 0.3) is 0 Å². The van der Waals surface area contributed by atoms with E-state index in [-0.39, 0.29) is 17.2 Å². The van der Waals surface area contributed by atoms with Crippen molar-refractivity contribution in [1.82, 2.24) is 0 Å². The van der Waals surface area contributed by atoms with E-state index in [4.69, 9.17) is 13.6 Å². The monoisotopic (exact) mass is 392 g/mol. The number of rotatable bonds is 7. The Balaban J connectivity index is 1.94. The van der Waals surface area contributed by atoms with Crippen LogP contribution in [0.25, 0.3) is 0 Å². The molecule has 0 saturated heterocycles. The first-order valence-electron chi connectivity index (χ1n) is 7.77. The van der Waals surface area contributed by atoms with Crippen molar-refractivity contribution in [3.05, 3.63) is 91.0 Å². The summed E-state index contributed by atoms with van der Waals surface area (Å²) in [5.41, 5.74) is 0. The van der Waals surface area contributed by atoms with Gasteiger partial charge in [0.2, 0.25) is 0 Å². The summed E-state index contributed by atoms with van der Waals surface area (Å²) in [6.07, 6.45) is 0. The Morgan fingerprint density at radius 1 is 0.615 bits per heavy atom. The fraction of sp³-hybridized carbons (Fsp3) is 0. The molecule has 0 radical (unpaired) electrons. The molecule has 0 saturated carbocycles. The molecule has 0 aliphatic carbocycles. The predicted octanol–water partition coefficient (Wildman–Crippen LogP) is 4.81. The molecule has 0 atom stereocenters. The Hall–Kier alpha value is -2.36. The van der Waals surface area contributed by atoms with E-state index in [2.05, 4.69) is 0 Å². The third-order valence-corrected chi connectivity index (χ3v) is 8.38. The molecule has 0 aliphatic rings. The second kappa shape index (κ2) is 7.90.